The van der Waals surface area contributed by atoms with E-state index < -0.39 is 110 Å². The van der Waals surface area contributed by atoms with Crippen LogP contribution in [-0.2, 0) is 37.9 Å². The quantitative estimate of drug-likeness (QED) is 0.152. The van der Waals surface area contributed by atoms with Crippen molar-refractivity contribution < 1.29 is 83.9 Å². The van der Waals surface area contributed by atoms with Gasteiger partial charge >= 0.3 is 0 Å². The zero-order valence-corrected chi connectivity index (χ0v) is 36.0. The summed E-state index contributed by atoms with van der Waals surface area (Å²) in [6, 6.07) is 0. The van der Waals surface area contributed by atoms with E-state index in [1.807, 2.05) is 0 Å². The lowest BCUT2D eigenvalue weighted by atomic mass is 9.45. The summed E-state index contributed by atoms with van der Waals surface area (Å²) in [5.41, 5.74) is -0.160. The Kier molecular flexibility index (Phi) is 12.2. The van der Waals surface area contributed by atoms with Crippen LogP contribution in [-0.4, -0.2) is 175 Å². The van der Waals surface area contributed by atoms with Crippen LogP contribution in [0.1, 0.15) is 92.4 Å². The minimum atomic E-state index is -1.73. The van der Waals surface area contributed by atoms with Gasteiger partial charge in [0.25, 0.3) is 0 Å². The molecule has 348 valence electrons. The molecule has 4 aliphatic carbocycles. The van der Waals surface area contributed by atoms with E-state index in [0.29, 0.717) is 31.8 Å². The van der Waals surface area contributed by atoms with Gasteiger partial charge in [0.1, 0.15) is 61.0 Å². The van der Waals surface area contributed by atoms with Crippen molar-refractivity contribution in [1.82, 2.24) is 0 Å². The van der Waals surface area contributed by atoms with Gasteiger partial charge in [-0.05, 0) is 75.0 Å². The third kappa shape index (κ3) is 7.14. The summed E-state index contributed by atoms with van der Waals surface area (Å²) in [6.07, 6.45) is -11.8. The molecule has 1 spiro atoms. The predicted molar refractivity (Wildman–Crippen MR) is 210 cm³/mol. The molecule has 0 radical (unpaired) electrons. The Balaban J connectivity index is 0.925. The van der Waals surface area contributed by atoms with Gasteiger partial charge in [0.05, 0.1) is 43.7 Å². The first kappa shape index (κ1) is 45.2. The first-order valence-electron chi connectivity index (χ1n) is 22.9. The van der Waals surface area contributed by atoms with E-state index in [1.165, 1.54) is 12.5 Å². The van der Waals surface area contributed by atoms with Gasteiger partial charge in [0.15, 0.2) is 24.7 Å². The number of hydrogen-bond donors (Lipinski definition) is 9. The van der Waals surface area contributed by atoms with Gasteiger partial charge in [0, 0.05) is 30.1 Å². The van der Waals surface area contributed by atoms with E-state index in [1.54, 1.807) is 0 Å². The number of aliphatic hydroxyl groups is 9. The SMILES string of the molecule is C[C@@H]1CC[C@]2(OC1)O[C@@H]1C[C@@]3(O)[C@@H]4CC=C5C[C@H](O[C@@H]6O[C@H](CO)[C@@H](O[C@@H]7OC[C@H](O)[C@H](O)[C@@H]7O)[C@H](O)[C@H]6O[C@@H]6O[C@@H](C)[C@H](O)[C@@H](O)[C@H]6O)CC[C@]5(C)[C@H]4CC[C@]3(C)[C@@H]1[C@@H]2C. The molecule has 25 atom stereocenters. The first-order chi connectivity index (χ1) is 28.9. The standard InChI is InChI=1S/C44H70O17/c1-19-8-13-44(55-17-19)20(2)29-27(61-44)15-43(53)25-7-6-22-14-23(9-11-41(22,4)24(25)10-12-42(29,43)5)57-40-37(60-39-34(51)32(49)30(47)21(3)56-39)35(52)36(28(16-45)58-40)59-38-33(50)31(48)26(46)18-54-38/h6,19-21,23-40,45-53H,7-18H2,1-5H3/t19-,20+,21+,23-,24+,25-,26+,27-,28-,29-,30+,31+,32-,33+,34-,35+,36-,37-,38+,39+,40-,41+,42-,43-,44+/m1/s1. The van der Waals surface area contributed by atoms with E-state index in [0.717, 1.165) is 38.5 Å². The summed E-state index contributed by atoms with van der Waals surface area (Å²) < 4.78 is 49.5. The molecule has 17 heteroatoms. The fourth-order valence-corrected chi connectivity index (χ4v) is 13.7. The molecule has 17 nitrogen and oxygen atoms in total. The van der Waals surface area contributed by atoms with Crippen LogP contribution < -0.4 is 0 Å². The average molecular weight is 871 g/mol. The summed E-state index contributed by atoms with van der Waals surface area (Å²) in [7, 11) is 0. The molecule has 61 heavy (non-hydrogen) atoms. The van der Waals surface area contributed by atoms with Crippen LogP contribution in [0.3, 0.4) is 0 Å². The second-order valence-corrected chi connectivity index (χ2v) is 20.8. The topological polar surface area (TPSA) is 256 Å². The molecule has 0 amide bonds. The smallest absolute Gasteiger partial charge is 0.187 e. The van der Waals surface area contributed by atoms with Crippen molar-refractivity contribution in [1.29, 1.82) is 0 Å². The molecule has 9 rings (SSSR count). The fraction of sp³-hybridized carbons (Fsp3) is 0.955. The Morgan fingerprint density at radius 2 is 1.48 bits per heavy atom. The molecular formula is C44H70O17. The van der Waals surface area contributed by atoms with Crippen LogP contribution >= 0.6 is 0 Å². The average Bonchev–Trinajstić information content (AvgIpc) is 3.63. The number of hydrogen-bond acceptors (Lipinski definition) is 17. The van der Waals surface area contributed by atoms with E-state index in [9.17, 15) is 46.0 Å². The van der Waals surface area contributed by atoms with Crippen LogP contribution in [0.15, 0.2) is 11.6 Å². The van der Waals surface area contributed by atoms with E-state index in [2.05, 4.69) is 33.8 Å². The third-order valence-corrected chi connectivity index (χ3v) is 17.5. The third-order valence-electron chi connectivity index (χ3n) is 17.5. The Morgan fingerprint density at radius 1 is 0.738 bits per heavy atom. The minimum Gasteiger partial charge on any atom is -0.394 e. The van der Waals surface area contributed by atoms with Crippen LogP contribution in [0.4, 0.5) is 0 Å². The van der Waals surface area contributed by atoms with Gasteiger partial charge in [-0.15, -0.1) is 0 Å². The molecule has 9 aliphatic rings. The Bertz CT molecular complexity index is 1610. The number of aliphatic hydroxyl groups excluding tert-OH is 8. The molecule has 5 heterocycles. The molecular weight excluding hydrogens is 800 g/mol. The second-order valence-electron chi connectivity index (χ2n) is 20.8. The number of fused-ring (bicyclic) bond motifs is 7. The zero-order chi connectivity index (χ0) is 43.6. The maximum Gasteiger partial charge on any atom is 0.187 e. The highest BCUT2D eigenvalue weighted by atomic mass is 16.8. The van der Waals surface area contributed by atoms with Gasteiger partial charge < -0.3 is 83.9 Å². The fourth-order valence-electron chi connectivity index (χ4n) is 13.7. The minimum absolute atomic E-state index is 0.0513. The number of rotatable bonds is 7. The van der Waals surface area contributed by atoms with Crippen molar-refractivity contribution in [3.05, 3.63) is 11.6 Å². The first-order valence-corrected chi connectivity index (χ1v) is 22.9. The normalized spacial score (nSPS) is 58.4. The van der Waals surface area contributed by atoms with E-state index in [-0.39, 0.29) is 47.2 Å². The Morgan fingerprint density at radius 3 is 2.20 bits per heavy atom. The van der Waals surface area contributed by atoms with E-state index in [4.69, 9.17) is 37.9 Å². The lowest BCUT2D eigenvalue weighted by Gasteiger charge is -2.62. The Hall–Kier alpha value is -0.940. The van der Waals surface area contributed by atoms with Gasteiger partial charge in [0.2, 0.25) is 0 Å². The van der Waals surface area contributed by atoms with Crippen molar-refractivity contribution in [2.24, 2.45) is 40.4 Å². The van der Waals surface area contributed by atoms with Gasteiger partial charge in [-0.25, -0.2) is 0 Å². The van der Waals surface area contributed by atoms with Crippen LogP contribution in [0, 0.1) is 40.4 Å². The molecule has 3 saturated carbocycles. The molecule has 0 bridgehead atoms. The number of allylic oxidation sites excluding steroid dienone is 1. The molecule has 5 saturated heterocycles. The van der Waals surface area contributed by atoms with Crippen LogP contribution in [0.25, 0.3) is 0 Å². The van der Waals surface area contributed by atoms with Crippen molar-refractivity contribution in [2.45, 2.75) is 202 Å². The highest BCUT2D eigenvalue weighted by molar-refractivity contribution is 5.29. The van der Waals surface area contributed by atoms with Crippen LogP contribution in [0.2, 0.25) is 0 Å². The molecule has 5 aliphatic heterocycles. The molecule has 9 N–H and O–H groups in total. The summed E-state index contributed by atoms with van der Waals surface area (Å²) in [6.45, 7) is 10.3. The second kappa shape index (κ2) is 16.4. The maximum absolute atomic E-state index is 13.0. The highest BCUT2D eigenvalue weighted by Gasteiger charge is 2.74. The predicted octanol–water partition coefficient (Wildman–Crippen LogP) is -0.0319. The zero-order valence-electron chi connectivity index (χ0n) is 36.0. The van der Waals surface area contributed by atoms with E-state index >= 15 is 0 Å². The van der Waals surface area contributed by atoms with Crippen LogP contribution in [0.5, 0.6) is 0 Å². The van der Waals surface area contributed by atoms with Crippen molar-refractivity contribution >= 4 is 0 Å². The van der Waals surface area contributed by atoms with Crippen molar-refractivity contribution in [2.75, 3.05) is 19.8 Å². The van der Waals surface area contributed by atoms with Crippen molar-refractivity contribution in [3.8, 4) is 0 Å². The van der Waals surface area contributed by atoms with Gasteiger partial charge in [-0.1, -0.05) is 39.3 Å². The summed E-state index contributed by atoms with van der Waals surface area (Å²) in [5, 5.41) is 98.1. The molecule has 0 aromatic heterocycles. The highest BCUT2D eigenvalue weighted by Crippen LogP contribution is 2.72. The molecule has 0 aromatic rings. The lowest BCUT2D eigenvalue weighted by Crippen LogP contribution is -2.66. The van der Waals surface area contributed by atoms with Gasteiger partial charge in [-0.3, -0.25) is 0 Å². The monoisotopic (exact) mass is 870 g/mol. The maximum atomic E-state index is 13.0. The van der Waals surface area contributed by atoms with Crippen molar-refractivity contribution in [3.63, 3.8) is 0 Å². The summed E-state index contributed by atoms with van der Waals surface area (Å²) in [4.78, 5) is 0. The summed E-state index contributed by atoms with van der Waals surface area (Å²) >= 11 is 0. The summed E-state index contributed by atoms with van der Waals surface area (Å²) in [5.74, 6) is 0.647. The Labute approximate surface area is 357 Å². The largest absolute Gasteiger partial charge is 0.394 e. The number of ether oxygens (including phenoxy) is 8. The van der Waals surface area contributed by atoms with Gasteiger partial charge in [-0.2, -0.15) is 0 Å². The molecule has 8 fully saturated rings. The molecule has 0 aromatic carbocycles. The molecule has 0 unspecified atom stereocenters. The lowest BCUT2D eigenvalue weighted by molar-refractivity contribution is -0.385.